The van der Waals surface area contributed by atoms with Crippen LogP contribution in [0.15, 0.2) is 54.1 Å². The normalized spacial score (nSPS) is 12.3. The smallest absolute Gasteiger partial charge is 0.339 e. The first-order chi connectivity index (χ1) is 10.3. The molecular weight excluding hydrogens is 266 g/mol. The SMILES string of the molecule is O=C(CCCCCOC(=O)c1cccnc1)C1=C=CC=C1. The highest BCUT2D eigenvalue weighted by Crippen LogP contribution is 2.10. The summed E-state index contributed by atoms with van der Waals surface area (Å²) < 4.78 is 5.14. The van der Waals surface area contributed by atoms with Crippen molar-refractivity contribution in [3.63, 3.8) is 0 Å². The highest BCUT2D eigenvalue weighted by molar-refractivity contribution is 5.98. The van der Waals surface area contributed by atoms with Crippen molar-refractivity contribution in [3.8, 4) is 0 Å². The zero-order valence-corrected chi connectivity index (χ0v) is 11.7. The van der Waals surface area contributed by atoms with Crippen LogP contribution in [-0.4, -0.2) is 23.3 Å². The van der Waals surface area contributed by atoms with Gasteiger partial charge in [0.15, 0.2) is 5.78 Å². The number of carbonyl (C=O) groups excluding carboxylic acids is 2. The molecule has 0 atom stereocenters. The van der Waals surface area contributed by atoms with Crippen LogP contribution >= 0.6 is 0 Å². The van der Waals surface area contributed by atoms with E-state index in [1.165, 1.54) is 6.20 Å². The summed E-state index contributed by atoms with van der Waals surface area (Å²) in [6, 6.07) is 3.37. The first-order valence-corrected chi connectivity index (χ1v) is 7.01. The summed E-state index contributed by atoms with van der Waals surface area (Å²) in [6.07, 6.45) is 11.3. The van der Waals surface area contributed by atoms with E-state index in [1.807, 2.05) is 6.08 Å². The number of unbranched alkanes of at least 4 members (excludes halogenated alkanes) is 2. The Labute approximate surface area is 123 Å². The molecule has 2 rings (SSSR count). The Morgan fingerprint density at radius 1 is 1.24 bits per heavy atom. The molecule has 0 radical (unpaired) electrons. The van der Waals surface area contributed by atoms with Gasteiger partial charge in [-0.3, -0.25) is 9.78 Å². The monoisotopic (exact) mass is 283 g/mol. The van der Waals surface area contributed by atoms with Crippen molar-refractivity contribution < 1.29 is 14.3 Å². The number of ketones is 1. The van der Waals surface area contributed by atoms with Gasteiger partial charge in [-0.2, -0.15) is 0 Å². The summed E-state index contributed by atoms with van der Waals surface area (Å²) in [5, 5.41) is 0. The van der Waals surface area contributed by atoms with E-state index in [9.17, 15) is 9.59 Å². The highest BCUT2D eigenvalue weighted by atomic mass is 16.5. The van der Waals surface area contributed by atoms with Crippen LogP contribution in [0, 0.1) is 0 Å². The molecule has 4 nitrogen and oxygen atoms in total. The Balaban J connectivity index is 1.56. The van der Waals surface area contributed by atoms with Gasteiger partial charge in [0.05, 0.1) is 17.7 Å². The number of aromatic nitrogens is 1. The van der Waals surface area contributed by atoms with Crippen LogP contribution in [0.3, 0.4) is 0 Å². The van der Waals surface area contributed by atoms with E-state index in [4.69, 9.17) is 4.74 Å². The highest BCUT2D eigenvalue weighted by Gasteiger charge is 2.08. The van der Waals surface area contributed by atoms with Crippen molar-refractivity contribution in [1.29, 1.82) is 0 Å². The summed E-state index contributed by atoms with van der Waals surface area (Å²) in [5.41, 5.74) is 4.01. The predicted molar refractivity (Wildman–Crippen MR) is 78.7 cm³/mol. The van der Waals surface area contributed by atoms with E-state index >= 15 is 0 Å². The molecule has 108 valence electrons. The molecule has 21 heavy (non-hydrogen) atoms. The van der Waals surface area contributed by atoms with Crippen LogP contribution in [0.5, 0.6) is 0 Å². The van der Waals surface area contributed by atoms with Crippen molar-refractivity contribution in [2.75, 3.05) is 6.61 Å². The minimum absolute atomic E-state index is 0.118. The number of Topliss-reactive ketones (excluding diaryl/α,β-unsaturated/α-hetero) is 1. The fraction of sp³-hybridized carbons (Fsp3) is 0.294. The molecule has 0 aliphatic heterocycles. The molecule has 1 aromatic heterocycles. The van der Waals surface area contributed by atoms with Crippen molar-refractivity contribution in [1.82, 2.24) is 4.98 Å². The molecule has 1 aliphatic rings. The van der Waals surface area contributed by atoms with Gasteiger partial charge in [0.25, 0.3) is 0 Å². The van der Waals surface area contributed by atoms with Gasteiger partial charge >= 0.3 is 5.97 Å². The van der Waals surface area contributed by atoms with Crippen LogP contribution in [0.25, 0.3) is 0 Å². The third-order valence-corrected chi connectivity index (χ3v) is 3.08. The molecule has 0 spiro atoms. The van der Waals surface area contributed by atoms with E-state index < -0.39 is 0 Å². The number of nitrogens with zero attached hydrogens (tertiary/aromatic N) is 1. The van der Waals surface area contributed by atoms with Gasteiger partial charge in [-0.1, -0.05) is 6.08 Å². The van der Waals surface area contributed by atoms with Gasteiger partial charge in [-0.25, -0.2) is 4.79 Å². The maximum Gasteiger partial charge on any atom is 0.339 e. The summed E-state index contributed by atoms with van der Waals surface area (Å²) in [5.74, 6) is -0.238. The molecular formula is C17H17NO3. The molecule has 0 bridgehead atoms. The van der Waals surface area contributed by atoms with Crippen molar-refractivity contribution >= 4 is 11.8 Å². The molecule has 0 aromatic carbocycles. The zero-order chi connectivity index (χ0) is 14.9. The zero-order valence-electron chi connectivity index (χ0n) is 11.7. The van der Waals surface area contributed by atoms with E-state index in [2.05, 4.69) is 10.7 Å². The lowest BCUT2D eigenvalue weighted by atomic mass is 10.1. The second-order valence-electron chi connectivity index (χ2n) is 4.70. The van der Waals surface area contributed by atoms with Gasteiger partial charge in [0, 0.05) is 18.8 Å². The van der Waals surface area contributed by atoms with E-state index in [0.717, 1.165) is 19.3 Å². The molecule has 1 heterocycles. The largest absolute Gasteiger partial charge is 0.462 e. The number of hydrogen-bond donors (Lipinski definition) is 0. The average Bonchev–Trinajstić information content (AvgIpc) is 3.05. The Morgan fingerprint density at radius 3 is 2.86 bits per heavy atom. The van der Waals surface area contributed by atoms with Crippen molar-refractivity contribution in [2.24, 2.45) is 0 Å². The molecule has 0 amide bonds. The fourth-order valence-corrected chi connectivity index (χ4v) is 1.93. The van der Waals surface area contributed by atoms with Gasteiger partial charge in [0.1, 0.15) is 0 Å². The first-order valence-electron chi connectivity index (χ1n) is 7.01. The van der Waals surface area contributed by atoms with E-state index in [-0.39, 0.29) is 11.8 Å². The van der Waals surface area contributed by atoms with Gasteiger partial charge in [-0.15, -0.1) is 5.73 Å². The molecule has 0 unspecified atom stereocenters. The molecule has 0 saturated carbocycles. The minimum Gasteiger partial charge on any atom is -0.462 e. The number of hydrogen-bond acceptors (Lipinski definition) is 4. The number of pyridine rings is 1. The second kappa shape index (κ2) is 7.98. The molecule has 0 N–H and O–H groups in total. The average molecular weight is 283 g/mol. The molecule has 1 aromatic rings. The Hall–Kier alpha value is -2.45. The number of carbonyl (C=O) groups is 2. The lowest BCUT2D eigenvalue weighted by Gasteiger charge is -2.04. The second-order valence-corrected chi connectivity index (χ2v) is 4.70. The number of esters is 1. The summed E-state index contributed by atoms with van der Waals surface area (Å²) in [7, 11) is 0. The third kappa shape index (κ3) is 4.86. The summed E-state index contributed by atoms with van der Waals surface area (Å²) in [6.45, 7) is 0.365. The van der Waals surface area contributed by atoms with Crippen LogP contribution in [-0.2, 0) is 9.53 Å². The van der Waals surface area contributed by atoms with E-state index in [1.54, 1.807) is 30.5 Å². The first kappa shape index (κ1) is 14.9. The number of rotatable bonds is 8. The molecule has 0 saturated heterocycles. The lowest BCUT2D eigenvalue weighted by Crippen LogP contribution is -2.07. The number of ether oxygens (including phenoxy) is 1. The van der Waals surface area contributed by atoms with Crippen LogP contribution in [0.2, 0.25) is 0 Å². The topological polar surface area (TPSA) is 56.3 Å². The third-order valence-electron chi connectivity index (χ3n) is 3.08. The summed E-state index contributed by atoms with van der Waals surface area (Å²) in [4.78, 5) is 27.2. The van der Waals surface area contributed by atoms with Gasteiger partial charge in [-0.05, 0) is 43.5 Å². The van der Waals surface area contributed by atoms with Gasteiger partial charge < -0.3 is 4.74 Å². The Kier molecular flexibility index (Phi) is 5.68. The fourth-order valence-electron chi connectivity index (χ4n) is 1.93. The van der Waals surface area contributed by atoms with Gasteiger partial charge in [0.2, 0.25) is 0 Å². The van der Waals surface area contributed by atoms with E-state index in [0.29, 0.717) is 24.2 Å². The number of allylic oxidation sites excluding steroid dienone is 3. The van der Waals surface area contributed by atoms with Crippen LogP contribution in [0.1, 0.15) is 36.0 Å². The Bertz CT molecular complexity index is 596. The summed E-state index contributed by atoms with van der Waals surface area (Å²) >= 11 is 0. The molecule has 1 aliphatic carbocycles. The van der Waals surface area contributed by atoms with Crippen LogP contribution < -0.4 is 0 Å². The maximum atomic E-state index is 11.7. The molecule has 0 fully saturated rings. The predicted octanol–water partition coefficient (Wildman–Crippen LogP) is 3.02. The van der Waals surface area contributed by atoms with Crippen molar-refractivity contribution in [2.45, 2.75) is 25.7 Å². The minimum atomic E-state index is -0.356. The molecule has 4 heteroatoms. The Morgan fingerprint density at radius 2 is 2.14 bits per heavy atom. The van der Waals surface area contributed by atoms with Crippen LogP contribution in [0.4, 0.5) is 0 Å². The van der Waals surface area contributed by atoms with Crippen molar-refractivity contribution in [3.05, 3.63) is 59.6 Å². The quantitative estimate of drug-likeness (QED) is 0.418. The maximum absolute atomic E-state index is 11.7. The lowest BCUT2D eigenvalue weighted by molar-refractivity contribution is -0.115. The standard InChI is InChI=1S/C17H17NO3/c19-16(14-7-3-4-8-14)10-2-1-5-12-21-17(20)15-9-6-11-18-13-15/h3-4,6-7,9,11,13H,1-2,5,10,12H2.